The van der Waals surface area contributed by atoms with Crippen molar-refractivity contribution in [3.63, 3.8) is 0 Å². The van der Waals surface area contributed by atoms with Gasteiger partial charge in [-0.15, -0.1) is 0 Å². The van der Waals surface area contributed by atoms with Gasteiger partial charge in [0, 0.05) is 19.8 Å². The Balaban J connectivity index is 2.31. The van der Waals surface area contributed by atoms with Gasteiger partial charge in [-0.3, -0.25) is 0 Å². The molecule has 0 saturated heterocycles. The Morgan fingerprint density at radius 2 is 1.94 bits per heavy atom. The SMILES string of the molecule is NCCc1c(F)cccc1Sc1cccc(Br)c1. The van der Waals surface area contributed by atoms with E-state index in [1.165, 1.54) is 6.07 Å². The zero-order valence-corrected chi connectivity index (χ0v) is 12.1. The minimum Gasteiger partial charge on any atom is -0.330 e. The summed E-state index contributed by atoms with van der Waals surface area (Å²) in [7, 11) is 0. The normalized spacial score (nSPS) is 10.6. The van der Waals surface area contributed by atoms with Crippen LogP contribution in [0.5, 0.6) is 0 Å². The molecule has 0 bridgehead atoms. The van der Waals surface area contributed by atoms with Gasteiger partial charge in [0.05, 0.1) is 0 Å². The van der Waals surface area contributed by atoms with Crippen LogP contribution in [0.25, 0.3) is 0 Å². The fraction of sp³-hybridized carbons (Fsp3) is 0.143. The van der Waals surface area contributed by atoms with E-state index in [2.05, 4.69) is 15.9 Å². The second-order valence-electron chi connectivity index (χ2n) is 3.81. The molecule has 18 heavy (non-hydrogen) atoms. The number of hydrogen-bond acceptors (Lipinski definition) is 2. The summed E-state index contributed by atoms with van der Waals surface area (Å²) in [6.07, 6.45) is 0.559. The molecule has 2 aromatic carbocycles. The molecular weight excluding hydrogens is 313 g/mol. The molecule has 0 radical (unpaired) electrons. The lowest BCUT2D eigenvalue weighted by Gasteiger charge is -2.09. The first-order valence-corrected chi connectivity index (χ1v) is 7.22. The summed E-state index contributed by atoms with van der Waals surface area (Å²) < 4.78 is 14.8. The smallest absolute Gasteiger partial charge is 0.127 e. The van der Waals surface area contributed by atoms with Crippen LogP contribution < -0.4 is 5.73 Å². The fourth-order valence-electron chi connectivity index (χ4n) is 1.68. The van der Waals surface area contributed by atoms with Crippen molar-refractivity contribution in [2.45, 2.75) is 16.2 Å². The van der Waals surface area contributed by atoms with Crippen molar-refractivity contribution in [2.75, 3.05) is 6.54 Å². The first-order valence-electron chi connectivity index (χ1n) is 5.61. The van der Waals surface area contributed by atoms with Crippen LogP contribution in [-0.2, 0) is 6.42 Å². The van der Waals surface area contributed by atoms with Crippen LogP contribution in [0.15, 0.2) is 56.7 Å². The molecule has 0 heterocycles. The predicted octanol–water partition coefficient (Wildman–Crippen LogP) is 4.24. The Morgan fingerprint density at radius 3 is 2.67 bits per heavy atom. The summed E-state index contributed by atoms with van der Waals surface area (Å²) >= 11 is 4.99. The highest BCUT2D eigenvalue weighted by molar-refractivity contribution is 9.10. The van der Waals surface area contributed by atoms with Crippen LogP contribution >= 0.6 is 27.7 Å². The molecule has 0 aliphatic rings. The molecular formula is C14H13BrFNS. The van der Waals surface area contributed by atoms with Crippen molar-refractivity contribution in [1.29, 1.82) is 0 Å². The van der Waals surface area contributed by atoms with Crippen LogP contribution in [-0.4, -0.2) is 6.54 Å². The van der Waals surface area contributed by atoms with E-state index < -0.39 is 0 Å². The van der Waals surface area contributed by atoms with Gasteiger partial charge >= 0.3 is 0 Å². The lowest BCUT2D eigenvalue weighted by Crippen LogP contribution is -2.05. The second kappa shape index (κ2) is 6.36. The molecule has 0 spiro atoms. The quantitative estimate of drug-likeness (QED) is 0.909. The summed E-state index contributed by atoms with van der Waals surface area (Å²) in [5.74, 6) is -0.180. The van der Waals surface area contributed by atoms with Crippen LogP contribution in [0.1, 0.15) is 5.56 Å². The van der Waals surface area contributed by atoms with Gasteiger partial charge in [-0.25, -0.2) is 4.39 Å². The molecule has 2 aromatic rings. The highest BCUT2D eigenvalue weighted by Crippen LogP contribution is 2.33. The molecule has 0 unspecified atom stereocenters. The highest BCUT2D eigenvalue weighted by Gasteiger charge is 2.09. The third kappa shape index (κ3) is 3.34. The van der Waals surface area contributed by atoms with Gasteiger partial charge in [-0.05, 0) is 43.3 Å². The van der Waals surface area contributed by atoms with Gasteiger partial charge in [0.1, 0.15) is 5.82 Å². The minimum atomic E-state index is -0.180. The zero-order chi connectivity index (χ0) is 13.0. The molecule has 2 rings (SSSR count). The van der Waals surface area contributed by atoms with Crippen LogP contribution in [0.4, 0.5) is 4.39 Å². The number of benzene rings is 2. The van der Waals surface area contributed by atoms with E-state index in [4.69, 9.17) is 5.73 Å². The first-order chi connectivity index (χ1) is 8.70. The maximum atomic E-state index is 13.7. The van der Waals surface area contributed by atoms with E-state index in [1.807, 2.05) is 30.3 Å². The lowest BCUT2D eigenvalue weighted by atomic mass is 10.1. The summed E-state index contributed by atoms with van der Waals surface area (Å²) in [6.45, 7) is 0.451. The van der Waals surface area contributed by atoms with E-state index in [0.717, 1.165) is 14.3 Å². The Morgan fingerprint density at radius 1 is 1.17 bits per heavy atom. The predicted molar refractivity (Wildman–Crippen MR) is 77.4 cm³/mol. The molecule has 0 aliphatic heterocycles. The zero-order valence-electron chi connectivity index (χ0n) is 9.70. The van der Waals surface area contributed by atoms with Gasteiger partial charge in [0.25, 0.3) is 0 Å². The van der Waals surface area contributed by atoms with Crippen molar-refractivity contribution >= 4 is 27.7 Å². The number of rotatable bonds is 4. The maximum absolute atomic E-state index is 13.7. The van der Waals surface area contributed by atoms with E-state index in [-0.39, 0.29) is 5.82 Å². The third-order valence-corrected chi connectivity index (χ3v) is 4.08. The minimum absolute atomic E-state index is 0.180. The monoisotopic (exact) mass is 325 g/mol. The van der Waals surface area contributed by atoms with Gasteiger partial charge in [0.2, 0.25) is 0 Å². The maximum Gasteiger partial charge on any atom is 0.127 e. The molecule has 1 nitrogen and oxygen atoms in total. The lowest BCUT2D eigenvalue weighted by molar-refractivity contribution is 0.603. The average molecular weight is 326 g/mol. The van der Waals surface area contributed by atoms with Crippen molar-refractivity contribution in [3.8, 4) is 0 Å². The largest absolute Gasteiger partial charge is 0.330 e. The molecule has 0 fully saturated rings. The molecule has 4 heteroatoms. The Labute approximate surface area is 119 Å². The van der Waals surface area contributed by atoms with Crippen LogP contribution in [0.3, 0.4) is 0 Å². The first kappa shape index (κ1) is 13.6. The van der Waals surface area contributed by atoms with Crippen molar-refractivity contribution in [3.05, 3.63) is 58.3 Å². The topological polar surface area (TPSA) is 26.0 Å². The van der Waals surface area contributed by atoms with Crippen molar-refractivity contribution < 1.29 is 4.39 Å². The average Bonchev–Trinajstić information content (AvgIpc) is 2.34. The summed E-state index contributed by atoms with van der Waals surface area (Å²) in [4.78, 5) is 2.01. The van der Waals surface area contributed by atoms with E-state index >= 15 is 0 Å². The van der Waals surface area contributed by atoms with Crippen LogP contribution in [0, 0.1) is 5.82 Å². The summed E-state index contributed by atoms with van der Waals surface area (Å²) in [5.41, 5.74) is 6.23. The van der Waals surface area contributed by atoms with E-state index in [0.29, 0.717) is 18.5 Å². The van der Waals surface area contributed by atoms with E-state index in [1.54, 1.807) is 17.8 Å². The molecule has 0 saturated carbocycles. The molecule has 0 aromatic heterocycles. The van der Waals surface area contributed by atoms with Crippen molar-refractivity contribution in [2.24, 2.45) is 5.73 Å². The van der Waals surface area contributed by atoms with Crippen LogP contribution in [0.2, 0.25) is 0 Å². The molecule has 0 aliphatic carbocycles. The molecule has 2 N–H and O–H groups in total. The second-order valence-corrected chi connectivity index (χ2v) is 5.85. The van der Waals surface area contributed by atoms with Gasteiger partial charge in [-0.1, -0.05) is 39.8 Å². The number of halogens is 2. The molecule has 0 amide bonds. The Bertz CT molecular complexity index is 545. The van der Waals surface area contributed by atoms with Crippen molar-refractivity contribution in [1.82, 2.24) is 0 Å². The highest BCUT2D eigenvalue weighted by atomic mass is 79.9. The third-order valence-electron chi connectivity index (χ3n) is 2.49. The molecule has 94 valence electrons. The van der Waals surface area contributed by atoms with Gasteiger partial charge in [-0.2, -0.15) is 0 Å². The number of hydrogen-bond donors (Lipinski definition) is 1. The van der Waals surface area contributed by atoms with Gasteiger partial charge in [0.15, 0.2) is 0 Å². The van der Waals surface area contributed by atoms with E-state index in [9.17, 15) is 4.39 Å². The number of nitrogens with two attached hydrogens (primary N) is 1. The standard InChI is InChI=1S/C14H13BrFNS/c15-10-3-1-4-11(9-10)18-14-6-2-5-13(16)12(14)7-8-17/h1-6,9H,7-8,17H2. The Kier molecular flexibility index (Phi) is 4.80. The molecule has 0 atom stereocenters. The summed E-state index contributed by atoms with van der Waals surface area (Å²) in [5, 5.41) is 0. The Hall–Kier alpha value is -0.840. The fourth-order valence-corrected chi connectivity index (χ4v) is 3.29. The summed E-state index contributed by atoms with van der Waals surface area (Å²) in [6, 6.07) is 13.1. The van der Waals surface area contributed by atoms with Gasteiger partial charge < -0.3 is 5.73 Å².